The maximum atomic E-state index is 6.74. The van der Waals surface area contributed by atoms with Crippen molar-refractivity contribution in [3.8, 4) is 0 Å². The van der Waals surface area contributed by atoms with E-state index in [2.05, 4.69) is 102 Å². The van der Waals surface area contributed by atoms with Crippen LogP contribution in [0.1, 0.15) is 67.2 Å². The monoisotopic (exact) mass is 504 g/mol. The number of hydrogen-bond acceptors (Lipinski definition) is 2. The average Bonchev–Trinajstić information content (AvgIpc) is 2.52. The molecule has 0 unspecified atom stereocenters. The molecule has 0 N–H and O–H groups in total. The van der Waals surface area contributed by atoms with E-state index >= 15 is 0 Å². The number of rotatable bonds is 8. The molecule has 2 nitrogen and oxygen atoms in total. The predicted octanol–water partition coefficient (Wildman–Crippen LogP) is 7.81. The maximum absolute atomic E-state index is 6.74. The lowest BCUT2D eigenvalue weighted by Crippen LogP contribution is -2.47. The summed E-state index contributed by atoms with van der Waals surface area (Å²) in [6.45, 7) is 19.1. The lowest BCUT2D eigenvalue weighted by molar-refractivity contribution is -0.0396. The van der Waals surface area contributed by atoms with Gasteiger partial charge in [-0.25, -0.2) is 0 Å². The van der Waals surface area contributed by atoms with E-state index in [4.69, 9.17) is 9.16 Å². The van der Waals surface area contributed by atoms with Crippen LogP contribution in [0.25, 0.3) is 0 Å². The topological polar surface area (TPSA) is 18.5 Å². The Hall–Kier alpha value is 0.0869. The molecule has 0 aromatic rings. The zero-order valence-electron chi connectivity index (χ0n) is 18.8. The van der Waals surface area contributed by atoms with Gasteiger partial charge in [-0.3, -0.25) is 0 Å². The molecule has 1 saturated heterocycles. The van der Waals surface area contributed by atoms with Crippen LogP contribution >= 0.6 is 22.6 Å². The van der Waals surface area contributed by atoms with Crippen molar-refractivity contribution in [2.45, 2.75) is 97.6 Å². The van der Waals surface area contributed by atoms with Gasteiger partial charge in [0.2, 0.25) is 0 Å². The lowest BCUT2D eigenvalue weighted by atomic mass is 10.0. The Balaban J connectivity index is 2.85. The van der Waals surface area contributed by atoms with E-state index in [1.165, 1.54) is 22.0 Å². The Kier molecular flexibility index (Phi) is 10.5. The average molecular weight is 505 g/mol. The van der Waals surface area contributed by atoms with Gasteiger partial charge in [-0.2, -0.15) is 0 Å². The maximum Gasteiger partial charge on any atom is 0.193 e. The Bertz CT molecular complexity index is 533. The molecule has 3 atom stereocenters. The lowest BCUT2D eigenvalue weighted by Gasteiger charge is -2.41. The van der Waals surface area contributed by atoms with Gasteiger partial charge in [0.15, 0.2) is 8.32 Å². The molecule has 0 bridgehead atoms. The minimum absolute atomic E-state index is 0.0594. The van der Waals surface area contributed by atoms with Crippen LogP contribution in [0, 0.1) is 5.92 Å². The van der Waals surface area contributed by atoms with Crippen LogP contribution in [0.15, 0.2) is 33.5 Å². The molecular weight excluding hydrogens is 463 g/mol. The summed E-state index contributed by atoms with van der Waals surface area (Å²) < 4.78 is 14.2. The number of halogens is 1. The quantitative estimate of drug-likeness (QED) is 0.191. The summed E-state index contributed by atoms with van der Waals surface area (Å²) in [7, 11) is -1.83. The Morgan fingerprint density at radius 3 is 2.44 bits per heavy atom. The van der Waals surface area contributed by atoms with Crippen molar-refractivity contribution in [1.82, 2.24) is 0 Å². The molecule has 0 radical (unpaired) electrons. The molecule has 0 aromatic carbocycles. The first kappa shape index (κ1) is 25.1. The van der Waals surface area contributed by atoms with Gasteiger partial charge in [-0.1, -0.05) is 57.6 Å². The molecule has 27 heavy (non-hydrogen) atoms. The second kappa shape index (κ2) is 11.3. The van der Waals surface area contributed by atoms with Crippen molar-refractivity contribution in [2.24, 2.45) is 5.92 Å². The van der Waals surface area contributed by atoms with Crippen LogP contribution in [0.2, 0.25) is 18.1 Å². The molecule has 156 valence electrons. The molecule has 0 aliphatic carbocycles. The van der Waals surface area contributed by atoms with Gasteiger partial charge in [-0.15, -0.1) is 0 Å². The van der Waals surface area contributed by atoms with Crippen LogP contribution in [0.3, 0.4) is 0 Å². The van der Waals surface area contributed by atoms with Gasteiger partial charge in [-0.05, 0) is 89.8 Å². The van der Waals surface area contributed by atoms with Crippen molar-refractivity contribution in [3.05, 3.63) is 33.5 Å². The van der Waals surface area contributed by atoms with E-state index in [0.717, 1.165) is 19.4 Å². The fourth-order valence-electron chi connectivity index (χ4n) is 3.14. The molecular formula is C23H41IO2Si. The molecule has 1 rings (SSSR count). The first-order chi connectivity index (χ1) is 12.4. The second-order valence-electron chi connectivity index (χ2n) is 9.58. The third kappa shape index (κ3) is 9.42. The van der Waals surface area contributed by atoms with Gasteiger partial charge in [0, 0.05) is 6.61 Å². The first-order valence-electron chi connectivity index (χ1n) is 10.4. The molecule has 1 aliphatic rings. The highest BCUT2D eigenvalue weighted by Crippen LogP contribution is 2.38. The summed E-state index contributed by atoms with van der Waals surface area (Å²) in [5.74, 6) is 0.576. The van der Waals surface area contributed by atoms with E-state index in [0.29, 0.717) is 5.92 Å². The molecule has 1 fully saturated rings. The van der Waals surface area contributed by atoms with Crippen molar-refractivity contribution >= 4 is 30.9 Å². The minimum atomic E-state index is -1.83. The van der Waals surface area contributed by atoms with Gasteiger partial charge >= 0.3 is 0 Å². The molecule has 1 aliphatic heterocycles. The van der Waals surface area contributed by atoms with E-state index in [-0.39, 0.29) is 17.2 Å². The summed E-state index contributed by atoms with van der Waals surface area (Å²) in [5.41, 5.74) is 1.41. The second-order valence-corrected chi connectivity index (χ2v) is 16.0. The largest absolute Gasteiger partial charge is 0.408 e. The van der Waals surface area contributed by atoms with Crippen LogP contribution in [-0.4, -0.2) is 27.1 Å². The van der Waals surface area contributed by atoms with E-state index < -0.39 is 8.32 Å². The SMILES string of the molecule is C/C(I)=C/[C@H](C)C/C(C)=C/C=C/[C@H](O[Si](C)(C)C(C)(C)C)[C@@H]1CCCCO1. The van der Waals surface area contributed by atoms with Crippen molar-refractivity contribution < 1.29 is 9.16 Å². The van der Waals surface area contributed by atoms with Crippen LogP contribution < -0.4 is 0 Å². The molecule has 1 heterocycles. The first-order valence-corrected chi connectivity index (χ1v) is 14.4. The van der Waals surface area contributed by atoms with Crippen LogP contribution in [0.5, 0.6) is 0 Å². The summed E-state index contributed by atoms with van der Waals surface area (Å²) in [6.07, 6.45) is 13.9. The van der Waals surface area contributed by atoms with Gasteiger partial charge < -0.3 is 9.16 Å². The van der Waals surface area contributed by atoms with Crippen LogP contribution in [0.4, 0.5) is 0 Å². The normalized spacial score (nSPS) is 22.9. The highest BCUT2D eigenvalue weighted by atomic mass is 127. The fourth-order valence-corrected chi connectivity index (χ4v) is 5.02. The third-order valence-electron chi connectivity index (χ3n) is 5.66. The Morgan fingerprint density at radius 2 is 1.93 bits per heavy atom. The standard InChI is InChI=1S/C23H41IO2Si/c1-18(16-19(2)17-20(3)24)12-11-14-22(21-13-9-10-15-25-21)26-27(7,8)23(4,5)6/h11-12,14,17,19,21-22H,9-10,13,15-16H2,1-8H3/b14-11+,18-12+,20-17-/t19-,21+,22+/m1/s1. The summed E-state index contributed by atoms with van der Waals surface area (Å²) in [5, 5.41) is 0.207. The van der Waals surface area contributed by atoms with E-state index in [1.54, 1.807) is 0 Å². The fraction of sp³-hybridized carbons (Fsp3) is 0.739. The number of hydrogen-bond donors (Lipinski definition) is 0. The third-order valence-corrected chi connectivity index (χ3v) is 10.5. The van der Waals surface area contributed by atoms with Gasteiger partial charge in [0.05, 0.1) is 12.2 Å². The zero-order valence-corrected chi connectivity index (χ0v) is 21.9. The molecule has 0 spiro atoms. The van der Waals surface area contributed by atoms with Crippen molar-refractivity contribution in [1.29, 1.82) is 0 Å². The Labute approximate surface area is 183 Å². The van der Waals surface area contributed by atoms with E-state index in [9.17, 15) is 0 Å². The van der Waals surface area contributed by atoms with E-state index in [1.807, 2.05) is 0 Å². The van der Waals surface area contributed by atoms with Gasteiger partial charge in [0.1, 0.15) is 0 Å². The molecule has 4 heteroatoms. The van der Waals surface area contributed by atoms with Gasteiger partial charge in [0.25, 0.3) is 0 Å². The molecule has 0 aromatic heterocycles. The van der Waals surface area contributed by atoms with Crippen LogP contribution in [-0.2, 0) is 9.16 Å². The highest BCUT2D eigenvalue weighted by molar-refractivity contribution is 14.1. The number of allylic oxidation sites excluding steroid dienone is 5. The van der Waals surface area contributed by atoms with Crippen molar-refractivity contribution in [2.75, 3.05) is 6.61 Å². The summed E-state index contributed by atoms with van der Waals surface area (Å²) >= 11 is 2.39. The van der Waals surface area contributed by atoms with Crippen molar-refractivity contribution in [3.63, 3.8) is 0 Å². The minimum Gasteiger partial charge on any atom is -0.408 e. The summed E-state index contributed by atoms with van der Waals surface area (Å²) in [4.78, 5) is 0. The smallest absolute Gasteiger partial charge is 0.193 e. The zero-order chi connectivity index (χ0) is 20.7. The molecule has 0 amide bonds. The molecule has 0 saturated carbocycles. The predicted molar refractivity (Wildman–Crippen MR) is 130 cm³/mol. The highest BCUT2D eigenvalue weighted by Gasteiger charge is 2.40. The Morgan fingerprint density at radius 1 is 1.26 bits per heavy atom. The number of ether oxygens (including phenoxy) is 1. The summed E-state index contributed by atoms with van der Waals surface area (Å²) in [6, 6.07) is 0.